The van der Waals surface area contributed by atoms with Gasteiger partial charge in [-0.3, -0.25) is 9.78 Å². The molecule has 4 rings (SSSR count). The van der Waals surface area contributed by atoms with Gasteiger partial charge in [0.1, 0.15) is 5.69 Å². The van der Waals surface area contributed by atoms with Gasteiger partial charge in [-0.25, -0.2) is 18.1 Å². The Hall–Kier alpha value is -3.01. The molecule has 2 heterocycles. The van der Waals surface area contributed by atoms with Crippen LogP contribution in [0.4, 0.5) is 13.2 Å². The molecule has 0 bridgehead atoms. The Morgan fingerprint density at radius 1 is 1.09 bits per heavy atom. The molecule has 1 fully saturated rings. The summed E-state index contributed by atoms with van der Waals surface area (Å²) < 4.78 is 67.7. The Kier molecular flexibility index (Phi) is 5.23. The first-order chi connectivity index (χ1) is 15.0. The maximum atomic E-state index is 13.2. The van der Waals surface area contributed by atoms with Crippen LogP contribution in [0.25, 0.3) is 10.9 Å². The zero-order valence-corrected chi connectivity index (χ0v) is 18.1. The number of amides is 1. The number of carbonyl (C=O) groups excluding carboxylic acids is 1. The molecular weight excluding hydrogens is 443 g/mol. The topological polar surface area (TPSA) is 89.0 Å². The zero-order valence-electron chi connectivity index (χ0n) is 17.3. The van der Waals surface area contributed by atoms with Gasteiger partial charge in [0.25, 0.3) is 10.0 Å². The molecule has 10 heteroatoms. The Labute approximate surface area is 182 Å². The predicted molar refractivity (Wildman–Crippen MR) is 111 cm³/mol. The molecule has 168 valence electrons. The van der Waals surface area contributed by atoms with Crippen LogP contribution in [-0.2, 0) is 26.4 Å². The van der Waals surface area contributed by atoms with Crippen molar-refractivity contribution in [1.29, 1.82) is 0 Å². The van der Waals surface area contributed by atoms with Crippen molar-refractivity contribution in [1.82, 2.24) is 14.7 Å². The van der Waals surface area contributed by atoms with E-state index in [0.717, 1.165) is 6.07 Å². The number of benzene rings is 1. The van der Waals surface area contributed by atoms with Gasteiger partial charge in [-0.15, -0.1) is 0 Å². The second kappa shape index (κ2) is 7.54. The lowest BCUT2D eigenvalue weighted by molar-refractivity contribution is -0.141. The van der Waals surface area contributed by atoms with Gasteiger partial charge in [-0.1, -0.05) is 26.0 Å². The molecule has 0 radical (unpaired) electrons. The van der Waals surface area contributed by atoms with E-state index in [0.29, 0.717) is 29.3 Å². The van der Waals surface area contributed by atoms with Gasteiger partial charge in [0.15, 0.2) is 0 Å². The Morgan fingerprint density at radius 3 is 2.44 bits per heavy atom. The maximum absolute atomic E-state index is 13.2. The van der Waals surface area contributed by atoms with Crippen LogP contribution in [-0.4, -0.2) is 24.3 Å². The van der Waals surface area contributed by atoms with E-state index in [1.54, 1.807) is 32.0 Å². The van der Waals surface area contributed by atoms with E-state index in [2.05, 4.69) is 14.7 Å². The molecule has 0 unspecified atom stereocenters. The summed E-state index contributed by atoms with van der Waals surface area (Å²) in [4.78, 5) is 20.9. The molecule has 3 aromatic rings. The third kappa shape index (κ3) is 3.83. The minimum Gasteiger partial charge on any atom is -0.273 e. The van der Waals surface area contributed by atoms with Crippen LogP contribution in [0, 0.1) is 0 Å². The molecular formula is C22H20F3N3O3S. The number of alkyl halides is 3. The lowest BCUT2D eigenvalue weighted by Crippen LogP contribution is -2.39. The SMILES string of the molecule is CC(C)c1nc(C(F)(F)F)ccc1C1(C(=O)NS(=O)(=O)c2cccc3ncccc23)CC1. The summed E-state index contributed by atoms with van der Waals surface area (Å²) in [5.74, 6) is -1.17. The first-order valence-electron chi connectivity index (χ1n) is 9.95. The quantitative estimate of drug-likeness (QED) is 0.609. The van der Waals surface area contributed by atoms with E-state index < -0.39 is 39.1 Å². The fraction of sp³-hybridized carbons (Fsp3) is 0.318. The predicted octanol–water partition coefficient (Wildman–Crippen LogP) is 4.31. The van der Waals surface area contributed by atoms with Gasteiger partial charge in [0.2, 0.25) is 5.91 Å². The van der Waals surface area contributed by atoms with Crippen molar-refractivity contribution in [2.24, 2.45) is 0 Å². The number of halogens is 3. The van der Waals surface area contributed by atoms with Gasteiger partial charge in [-0.05, 0) is 54.7 Å². The second-order valence-electron chi connectivity index (χ2n) is 8.12. The molecule has 1 amide bonds. The lowest BCUT2D eigenvalue weighted by Gasteiger charge is -2.22. The second-order valence-corrected chi connectivity index (χ2v) is 9.78. The van der Waals surface area contributed by atoms with E-state index in [1.807, 2.05) is 0 Å². The summed E-state index contributed by atoms with van der Waals surface area (Å²) in [5.41, 5.74) is -1.35. The number of pyridine rings is 2. The zero-order chi connectivity index (χ0) is 23.3. The lowest BCUT2D eigenvalue weighted by atomic mass is 9.89. The highest BCUT2D eigenvalue weighted by molar-refractivity contribution is 7.90. The van der Waals surface area contributed by atoms with Crippen LogP contribution in [0.2, 0.25) is 0 Å². The van der Waals surface area contributed by atoms with Crippen LogP contribution in [0.5, 0.6) is 0 Å². The average Bonchev–Trinajstić information content (AvgIpc) is 3.54. The highest BCUT2D eigenvalue weighted by Crippen LogP contribution is 2.51. The minimum atomic E-state index is -4.62. The minimum absolute atomic E-state index is 0.0955. The van der Waals surface area contributed by atoms with Gasteiger partial charge < -0.3 is 0 Å². The standard InChI is InChI=1S/C22H20F3N3O3S/c1-13(2)19-15(8-9-18(27-19)22(23,24)25)21(10-11-21)20(29)28-32(30,31)17-7-3-6-16-14(17)5-4-12-26-16/h3-9,12-13H,10-11H2,1-2H3,(H,28,29). The molecule has 2 aromatic heterocycles. The van der Waals surface area contributed by atoms with Crippen LogP contribution in [0.1, 0.15) is 49.6 Å². The van der Waals surface area contributed by atoms with Crippen molar-refractivity contribution in [3.05, 3.63) is 65.6 Å². The van der Waals surface area contributed by atoms with Crippen molar-refractivity contribution in [2.75, 3.05) is 0 Å². The van der Waals surface area contributed by atoms with Gasteiger partial charge >= 0.3 is 6.18 Å². The molecule has 1 N–H and O–H groups in total. The summed E-state index contributed by atoms with van der Waals surface area (Å²) in [5, 5.41) is 0.360. The third-order valence-electron chi connectivity index (χ3n) is 5.58. The van der Waals surface area contributed by atoms with Crippen molar-refractivity contribution < 1.29 is 26.4 Å². The van der Waals surface area contributed by atoms with Crippen molar-refractivity contribution in [2.45, 2.75) is 49.1 Å². The van der Waals surface area contributed by atoms with Crippen LogP contribution >= 0.6 is 0 Å². The number of fused-ring (bicyclic) bond motifs is 1. The van der Waals surface area contributed by atoms with E-state index in [1.165, 1.54) is 24.4 Å². The summed E-state index contributed by atoms with van der Waals surface area (Å²) in [6, 6.07) is 9.81. The third-order valence-corrected chi connectivity index (χ3v) is 6.97. The number of aromatic nitrogens is 2. The summed E-state index contributed by atoms with van der Waals surface area (Å²) >= 11 is 0. The van der Waals surface area contributed by atoms with Crippen LogP contribution < -0.4 is 4.72 Å². The summed E-state index contributed by atoms with van der Waals surface area (Å²) in [7, 11) is -4.24. The summed E-state index contributed by atoms with van der Waals surface area (Å²) in [6.07, 6.45) is -2.45. The molecule has 0 saturated heterocycles. The van der Waals surface area contributed by atoms with E-state index in [4.69, 9.17) is 0 Å². The molecule has 6 nitrogen and oxygen atoms in total. The Balaban J connectivity index is 1.71. The van der Waals surface area contributed by atoms with E-state index in [-0.39, 0.29) is 10.6 Å². The van der Waals surface area contributed by atoms with Gasteiger partial charge in [0, 0.05) is 17.3 Å². The molecule has 32 heavy (non-hydrogen) atoms. The van der Waals surface area contributed by atoms with E-state index in [9.17, 15) is 26.4 Å². The van der Waals surface area contributed by atoms with Crippen molar-refractivity contribution >= 4 is 26.8 Å². The number of rotatable bonds is 5. The highest BCUT2D eigenvalue weighted by atomic mass is 32.2. The Bertz CT molecular complexity index is 1310. The molecule has 1 aliphatic carbocycles. The molecule has 1 saturated carbocycles. The van der Waals surface area contributed by atoms with Crippen LogP contribution in [0.3, 0.4) is 0 Å². The number of nitrogens with one attached hydrogen (secondary N) is 1. The monoisotopic (exact) mass is 463 g/mol. The van der Waals surface area contributed by atoms with Gasteiger partial charge in [0.05, 0.1) is 15.8 Å². The number of sulfonamides is 1. The fourth-order valence-corrected chi connectivity index (χ4v) is 5.07. The largest absolute Gasteiger partial charge is 0.433 e. The average molecular weight is 463 g/mol. The highest BCUT2D eigenvalue weighted by Gasteiger charge is 2.54. The number of carbonyl (C=O) groups is 1. The number of hydrogen-bond donors (Lipinski definition) is 1. The molecule has 0 aliphatic heterocycles. The Morgan fingerprint density at radius 2 is 1.81 bits per heavy atom. The van der Waals surface area contributed by atoms with Crippen molar-refractivity contribution in [3.63, 3.8) is 0 Å². The normalized spacial score (nSPS) is 15.7. The number of hydrogen-bond acceptors (Lipinski definition) is 5. The maximum Gasteiger partial charge on any atom is 0.433 e. The first-order valence-corrected chi connectivity index (χ1v) is 11.4. The molecule has 0 spiro atoms. The molecule has 1 aliphatic rings. The van der Waals surface area contributed by atoms with Crippen molar-refractivity contribution in [3.8, 4) is 0 Å². The van der Waals surface area contributed by atoms with Crippen LogP contribution in [0.15, 0.2) is 53.6 Å². The number of nitrogens with zero attached hydrogens (tertiary/aromatic N) is 2. The smallest absolute Gasteiger partial charge is 0.273 e. The first kappa shape index (κ1) is 22.2. The van der Waals surface area contributed by atoms with Gasteiger partial charge in [-0.2, -0.15) is 13.2 Å². The fourth-order valence-electron chi connectivity index (χ4n) is 3.81. The van der Waals surface area contributed by atoms with E-state index >= 15 is 0 Å². The molecule has 0 atom stereocenters. The molecule has 1 aromatic carbocycles. The summed E-state index contributed by atoms with van der Waals surface area (Å²) in [6.45, 7) is 3.36.